The minimum Gasteiger partial charge on any atom is -0.478 e. The molecule has 0 aliphatic rings. The quantitative estimate of drug-likeness (QED) is 0.799. The van der Waals surface area contributed by atoms with E-state index in [0.29, 0.717) is 5.02 Å². The Morgan fingerprint density at radius 2 is 1.87 bits per heavy atom. The van der Waals surface area contributed by atoms with Crippen molar-refractivity contribution in [2.45, 2.75) is 6.92 Å². The first-order chi connectivity index (χ1) is 7.11. The molecule has 0 aliphatic carbocycles. The third kappa shape index (κ3) is 1.57. The molecule has 2 aromatic carbocycles. The molecular weight excluding hydrogens is 212 g/mol. The zero-order valence-corrected chi connectivity index (χ0v) is 8.88. The van der Waals surface area contributed by atoms with Crippen LogP contribution < -0.4 is 0 Å². The van der Waals surface area contributed by atoms with Crippen LogP contribution in [0, 0.1) is 6.92 Å². The number of carboxylic acids is 1. The number of fused-ring (bicyclic) bond motifs is 1. The maximum Gasteiger partial charge on any atom is 0.337 e. The SMILES string of the molecule is Cc1cc(C(=O)O)c(Cl)c2ccccc12. The minimum atomic E-state index is -0.992. The molecule has 0 aromatic heterocycles. The van der Waals surface area contributed by atoms with Crippen molar-refractivity contribution in [1.29, 1.82) is 0 Å². The highest BCUT2D eigenvalue weighted by Crippen LogP contribution is 2.29. The highest BCUT2D eigenvalue weighted by molar-refractivity contribution is 6.38. The number of aryl methyl sites for hydroxylation is 1. The summed E-state index contributed by atoms with van der Waals surface area (Å²) in [7, 11) is 0. The summed E-state index contributed by atoms with van der Waals surface area (Å²) in [6.45, 7) is 1.88. The van der Waals surface area contributed by atoms with Gasteiger partial charge >= 0.3 is 5.97 Å². The molecule has 0 atom stereocenters. The van der Waals surface area contributed by atoms with Crippen molar-refractivity contribution >= 4 is 28.3 Å². The van der Waals surface area contributed by atoms with Crippen molar-refractivity contribution in [3.05, 3.63) is 46.5 Å². The summed E-state index contributed by atoms with van der Waals surface area (Å²) in [4.78, 5) is 10.9. The first-order valence-electron chi connectivity index (χ1n) is 4.52. The lowest BCUT2D eigenvalue weighted by molar-refractivity contribution is 0.0697. The molecule has 15 heavy (non-hydrogen) atoms. The molecule has 2 aromatic rings. The van der Waals surface area contributed by atoms with E-state index >= 15 is 0 Å². The van der Waals surface area contributed by atoms with E-state index < -0.39 is 5.97 Å². The van der Waals surface area contributed by atoms with Crippen LogP contribution >= 0.6 is 11.6 Å². The van der Waals surface area contributed by atoms with E-state index in [1.54, 1.807) is 6.07 Å². The summed E-state index contributed by atoms with van der Waals surface area (Å²) >= 11 is 6.03. The predicted molar refractivity (Wildman–Crippen MR) is 60.7 cm³/mol. The molecule has 0 saturated heterocycles. The van der Waals surface area contributed by atoms with Gasteiger partial charge in [0.05, 0.1) is 10.6 Å². The van der Waals surface area contributed by atoms with E-state index in [9.17, 15) is 4.79 Å². The molecule has 3 heteroatoms. The monoisotopic (exact) mass is 220 g/mol. The average Bonchev–Trinajstić information content (AvgIpc) is 2.23. The first kappa shape index (κ1) is 9.99. The summed E-state index contributed by atoms with van der Waals surface area (Å²) in [5, 5.41) is 11.1. The van der Waals surface area contributed by atoms with E-state index in [1.165, 1.54) is 0 Å². The molecule has 0 aliphatic heterocycles. The lowest BCUT2D eigenvalue weighted by Crippen LogP contribution is -1.98. The van der Waals surface area contributed by atoms with Gasteiger partial charge in [-0.25, -0.2) is 4.79 Å². The highest BCUT2D eigenvalue weighted by Gasteiger charge is 2.13. The molecule has 0 saturated carbocycles. The van der Waals surface area contributed by atoms with Gasteiger partial charge in [0.15, 0.2) is 0 Å². The maximum atomic E-state index is 10.9. The number of carbonyl (C=O) groups is 1. The number of rotatable bonds is 1. The molecule has 0 amide bonds. The van der Waals surface area contributed by atoms with E-state index in [-0.39, 0.29) is 5.56 Å². The van der Waals surface area contributed by atoms with Gasteiger partial charge in [0.1, 0.15) is 0 Å². The number of hydrogen-bond donors (Lipinski definition) is 1. The number of aromatic carboxylic acids is 1. The lowest BCUT2D eigenvalue weighted by Gasteiger charge is -2.07. The van der Waals surface area contributed by atoms with Crippen LogP contribution in [-0.2, 0) is 0 Å². The fourth-order valence-electron chi connectivity index (χ4n) is 1.68. The summed E-state index contributed by atoms with van der Waals surface area (Å²) in [6.07, 6.45) is 0. The third-order valence-corrected chi connectivity index (χ3v) is 2.82. The molecule has 0 heterocycles. The van der Waals surface area contributed by atoms with Crippen LogP contribution in [0.2, 0.25) is 5.02 Å². The van der Waals surface area contributed by atoms with Crippen molar-refractivity contribution in [2.24, 2.45) is 0 Å². The number of halogens is 1. The van der Waals surface area contributed by atoms with Gasteiger partial charge in [-0.3, -0.25) is 0 Å². The summed E-state index contributed by atoms with van der Waals surface area (Å²) in [5.41, 5.74) is 1.08. The Balaban J connectivity index is 2.90. The van der Waals surface area contributed by atoms with Crippen molar-refractivity contribution in [3.63, 3.8) is 0 Å². The molecule has 1 N–H and O–H groups in total. The molecule has 0 spiro atoms. The van der Waals surface area contributed by atoms with Crippen LogP contribution in [0.5, 0.6) is 0 Å². The maximum absolute atomic E-state index is 10.9. The molecular formula is C12H9ClO2. The van der Waals surface area contributed by atoms with Gasteiger partial charge in [-0.05, 0) is 23.9 Å². The Morgan fingerprint density at radius 3 is 2.47 bits per heavy atom. The Kier molecular flexibility index (Phi) is 2.37. The summed E-state index contributed by atoms with van der Waals surface area (Å²) in [5.74, 6) is -0.992. The highest BCUT2D eigenvalue weighted by atomic mass is 35.5. The number of benzene rings is 2. The van der Waals surface area contributed by atoms with Crippen molar-refractivity contribution in [2.75, 3.05) is 0 Å². The van der Waals surface area contributed by atoms with Gasteiger partial charge in [0, 0.05) is 5.39 Å². The van der Waals surface area contributed by atoms with E-state index in [2.05, 4.69) is 0 Å². The normalized spacial score (nSPS) is 10.5. The fraction of sp³-hybridized carbons (Fsp3) is 0.0833. The first-order valence-corrected chi connectivity index (χ1v) is 4.90. The molecule has 76 valence electrons. The zero-order valence-electron chi connectivity index (χ0n) is 8.12. The van der Waals surface area contributed by atoms with Crippen LogP contribution in [0.4, 0.5) is 0 Å². The molecule has 0 radical (unpaired) electrons. The molecule has 2 nitrogen and oxygen atoms in total. The van der Waals surface area contributed by atoms with Crippen molar-refractivity contribution < 1.29 is 9.90 Å². The molecule has 0 unspecified atom stereocenters. The third-order valence-electron chi connectivity index (χ3n) is 2.42. The second-order valence-electron chi connectivity index (χ2n) is 3.41. The smallest absolute Gasteiger partial charge is 0.337 e. The van der Waals surface area contributed by atoms with Crippen LogP contribution in [0.15, 0.2) is 30.3 Å². The minimum absolute atomic E-state index is 0.160. The summed E-state index contributed by atoms with van der Waals surface area (Å²) in [6, 6.07) is 9.12. The molecule has 0 fully saturated rings. The van der Waals surface area contributed by atoms with Gasteiger partial charge in [-0.1, -0.05) is 35.9 Å². The van der Waals surface area contributed by atoms with Crippen molar-refractivity contribution in [3.8, 4) is 0 Å². The largest absolute Gasteiger partial charge is 0.478 e. The standard InChI is InChI=1S/C12H9ClO2/c1-7-6-10(12(14)15)11(13)9-5-3-2-4-8(7)9/h2-6H,1H3,(H,14,15). The Bertz CT molecular complexity index is 547. The lowest BCUT2D eigenvalue weighted by atomic mass is 10.0. The van der Waals surface area contributed by atoms with Crippen LogP contribution in [0.3, 0.4) is 0 Å². The van der Waals surface area contributed by atoms with Gasteiger partial charge < -0.3 is 5.11 Å². The second-order valence-corrected chi connectivity index (χ2v) is 3.78. The molecule has 0 bridgehead atoms. The van der Waals surface area contributed by atoms with E-state index in [1.807, 2.05) is 31.2 Å². The van der Waals surface area contributed by atoms with Gasteiger partial charge in [0.2, 0.25) is 0 Å². The average molecular weight is 221 g/mol. The van der Waals surface area contributed by atoms with Crippen LogP contribution in [0.25, 0.3) is 10.8 Å². The van der Waals surface area contributed by atoms with Crippen LogP contribution in [0.1, 0.15) is 15.9 Å². The van der Waals surface area contributed by atoms with Crippen molar-refractivity contribution in [1.82, 2.24) is 0 Å². The van der Waals surface area contributed by atoms with Gasteiger partial charge in [-0.15, -0.1) is 0 Å². The zero-order chi connectivity index (χ0) is 11.0. The predicted octanol–water partition coefficient (Wildman–Crippen LogP) is 3.50. The van der Waals surface area contributed by atoms with Gasteiger partial charge in [0.25, 0.3) is 0 Å². The second kappa shape index (κ2) is 3.55. The number of hydrogen-bond acceptors (Lipinski definition) is 1. The topological polar surface area (TPSA) is 37.3 Å². The Hall–Kier alpha value is -1.54. The van der Waals surface area contributed by atoms with E-state index in [0.717, 1.165) is 16.3 Å². The van der Waals surface area contributed by atoms with Gasteiger partial charge in [-0.2, -0.15) is 0 Å². The Labute approximate surface area is 92.1 Å². The number of carboxylic acid groups (broad SMARTS) is 1. The Morgan fingerprint density at radius 1 is 1.27 bits per heavy atom. The van der Waals surface area contributed by atoms with E-state index in [4.69, 9.17) is 16.7 Å². The fourth-order valence-corrected chi connectivity index (χ4v) is 1.98. The summed E-state index contributed by atoms with van der Waals surface area (Å²) < 4.78 is 0. The molecule has 2 rings (SSSR count). The van der Waals surface area contributed by atoms with Crippen LogP contribution in [-0.4, -0.2) is 11.1 Å².